The van der Waals surface area contributed by atoms with E-state index in [1.165, 1.54) is 5.56 Å². The van der Waals surface area contributed by atoms with E-state index >= 15 is 0 Å². The molecule has 1 fully saturated rings. The number of hydrogen-bond donors (Lipinski definition) is 1. The van der Waals surface area contributed by atoms with Crippen molar-refractivity contribution >= 4 is 11.6 Å². The number of nitrogens with zero attached hydrogens (tertiary/aromatic N) is 2. The van der Waals surface area contributed by atoms with Crippen molar-refractivity contribution in [2.45, 2.75) is 12.6 Å². The summed E-state index contributed by atoms with van der Waals surface area (Å²) in [6.45, 7) is 3.47. The summed E-state index contributed by atoms with van der Waals surface area (Å²) >= 11 is 5.91. The smallest absolute Gasteiger partial charge is 0.0952 e. The van der Waals surface area contributed by atoms with Crippen molar-refractivity contribution in [2.75, 3.05) is 19.7 Å². The number of rotatable bonds is 3. The highest BCUT2D eigenvalue weighted by Crippen LogP contribution is 2.24. The highest BCUT2D eigenvalue weighted by atomic mass is 35.5. The first-order chi connectivity index (χ1) is 9.31. The lowest BCUT2D eigenvalue weighted by atomic mass is 10.1. The van der Waals surface area contributed by atoms with Gasteiger partial charge in [0.25, 0.3) is 0 Å². The molecule has 1 aromatic carbocycles. The molecule has 3 rings (SSSR count). The van der Waals surface area contributed by atoms with Crippen molar-refractivity contribution in [3.8, 4) is 0 Å². The average Bonchev–Trinajstić information content (AvgIpc) is 2.93. The van der Waals surface area contributed by atoms with Crippen LogP contribution in [0.1, 0.15) is 17.4 Å². The predicted octanol–water partition coefficient (Wildman–Crippen LogP) is 2.64. The molecule has 19 heavy (non-hydrogen) atoms. The highest BCUT2D eigenvalue weighted by molar-refractivity contribution is 6.30. The van der Waals surface area contributed by atoms with Crippen LogP contribution in [0.5, 0.6) is 0 Å². The van der Waals surface area contributed by atoms with E-state index in [4.69, 9.17) is 16.3 Å². The second-order valence-electron chi connectivity index (χ2n) is 4.73. The van der Waals surface area contributed by atoms with Gasteiger partial charge in [0, 0.05) is 36.5 Å². The molecule has 1 unspecified atom stereocenters. The normalized spacial score (nSPS) is 20.6. The maximum Gasteiger partial charge on any atom is 0.0952 e. The number of halogens is 1. The van der Waals surface area contributed by atoms with Crippen molar-refractivity contribution in [1.82, 2.24) is 15.1 Å². The summed E-state index contributed by atoms with van der Waals surface area (Å²) < 4.78 is 5.84. The first kappa shape index (κ1) is 12.7. The Bertz CT molecular complexity index is 512. The standard InChI is InChI=1S/C14H16ClN3O/c15-12-3-1-11(2-4-12)14-10-18(7-8-19-14)9-13-5-6-16-17-13/h1-6,14H,7-10H2,(H,16,17). The molecule has 1 atom stereocenters. The predicted molar refractivity (Wildman–Crippen MR) is 74.0 cm³/mol. The van der Waals surface area contributed by atoms with Crippen LogP contribution in [0.15, 0.2) is 36.5 Å². The number of aromatic amines is 1. The average molecular weight is 278 g/mol. The van der Waals surface area contributed by atoms with E-state index < -0.39 is 0 Å². The summed E-state index contributed by atoms with van der Waals surface area (Å²) in [6, 6.07) is 9.90. The number of ether oxygens (including phenoxy) is 1. The Morgan fingerprint density at radius 1 is 1.32 bits per heavy atom. The monoisotopic (exact) mass is 277 g/mol. The van der Waals surface area contributed by atoms with Gasteiger partial charge >= 0.3 is 0 Å². The third kappa shape index (κ3) is 3.15. The molecule has 1 aromatic heterocycles. The van der Waals surface area contributed by atoms with Gasteiger partial charge in [0.05, 0.1) is 12.7 Å². The Morgan fingerprint density at radius 3 is 2.89 bits per heavy atom. The van der Waals surface area contributed by atoms with Gasteiger partial charge in [-0.2, -0.15) is 5.10 Å². The summed E-state index contributed by atoms with van der Waals surface area (Å²) in [5.74, 6) is 0. The Morgan fingerprint density at radius 2 is 2.16 bits per heavy atom. The van der Waals surface area contributed by atoms with E-state index in [9.17, 15) is 0 Å². The zero-order valence-electron chi connectivity index (χ0n) is 10.6. The van der Waals surface area contributed by atoms with Crippen LogP contribution in [-0.4, -0.2) is 34.8 Å². The molecular formula is C14H16ClN3O. The zero-order valence-corrected chi connectivity index (χ0v) is 11.3. The van der Waals surface area contributed by atoms with Crippen molar-refractivity contribution in [1.29, 1.82) is 0 Å². The topological polar surface area (TPSA) is 41.2 Å². The second kappa shape index (κ2) is 5.74. The van der Waals surface area contributed by atoms with Gasteiger partial charge in [-0.25, -0.2) is 0 Å². The molecule has 100 valence electrons. The number of nitrogens with one attached hydrogen (secondary N) is 1. The summed E-state index contributed by atoms with van der Waals surface area (Å²) in [5, 5.41) is 7.73. The van der Waals surface area contributed by atoms with E-state index in [0.29, 0.717) is 0 Å². The molecule has 0 radical (unpaired) electrons. The van der Waals surface area contributed by atoms with E-state index in [1.54, 1.807) is 6.20 Å². The lowest BCUT2D eigenvalue weighted by Gasteiger charge is -2.32. The quantitative estimate of drug-likeness (QED) is 0.938. The molecule has 5 heteroatoms. The SMILES string of the molecule is Clc1ccc(C2CN(Cc3ccn[nH]3)CCO2)cc1. The van der Waals surface area contributed by atoms with Gasteiger partial charge in [-0.05, 0) is 23.8 Å². The molecule has 1 aliphatic rings. The minimum absolute atomic E-state index is 0.119. The van der Waals surface area contributed by atoms with Gasteiger partial charge in [-0.3, -0.25) is 10.00 Å². The van der Waals surface area contributed by atoms with Crippen molar-refractivity contribution < 1.29 is 4.74 Å². The molecule has 1 saturated heterocycles. The lowest BCUT2D eigenvalue weighted by Crippen LogP contribution is -2.37. The molecule has 2 heterocycles. The van der Waals surface area contributed by atoms with Crippen LogP contribution in [0.4, 0.5) is 0 Å². The van der Waals surface area contributed by atoms with Crippen LogP contribution < -0.4 is 0 Å². The van der Waals surface area contributed by atoms with Gasteiger partial charge in [0.1, 0.15) is 0 Å². The lowest BCUT2D eigenvalue weighted by molar-refractivity contribution is -0.0332. The van der Waals surface area contributed by atoms with Crippen LogP contribution in [0.25, 0.3) is 0 Å². The Balaban J connectivity index is 1.66. The van der Waals surface area contributed by atoms with E-state index in [-0.39, 0.29) is 6.10 Å². The van der Waals surface area contributed by atoms with Crippen molar-refractivity contribution in [2.24, 2.45) is 0 Å². The van der Waals surface area contributed by atoms with Crippen LogP contribution in [0, 0.1) is 0 Å². The molecule has 1 aliphatic heterocycles. The third-order valence-corrected chi connectivity index (χ3v) is 3.60. The first-order valence-electron chi connectivity index (χ1n) is 6.39. The summed E-state index contributed by atoms with van der Waals surface area (Å²) in [6.07, 6.45) is 1.90. The third-order valence-electron chi connectivity index (χ3n) is 3.34. The molecule has 0 saturated carbocycles. The minimum atomic E-state index is 0.119. The highest BCUT2D eigenvalue weighted by Gasteiger charge is 2.22. The maximum atomic E-state index is 5.91. The Labute approximate surface area is 117 Å². The number of H-pyrrole nitrogens is 1. The fourth-order valence-electron chi connectivity index (χ4n) is 2.34. The molecule has 0 aliphatic carbocycles. The molecule has 0 spiro atoms. The van der Waals surface area contributed by atoms with E-state index in [0.717, 1.165) is 37.0 Å². The van der Waals surface area contributed by atoms with Gasteiger partial charge < -0.3 is 4.74 Å². The first-order valence-corrected chi connectivity index (χ1v) is 6.77. The maximum absolute atomic E-state index is 5.91. The molecule has 2 aromatic rings. The second-order valence-corrected chi connectivity index (χ2v) is 5.16. The molecule has 4 nitrogen and oxygen atoms in total. The Kier molecular flexibility index (Phi) is 3.82. The van der Waals surface area contributed by atoms with Crippen molar-refractivity contribution in [3.05, 3.63) is 52.8 Å². The number of hydrogen-bond acceptors (Lipinski definition) is 3. The van der Waals surface area contributed by atoms with Crippen LogP contribution in [-0.2, 0) is 11.3 Å². The number of benzene rings is 1. The van der Waals surface area contributed by atoms with Gasteiger partial charge in [-0.1, -0.05) is 23.7 Å². The number of morpholine rings is 1. The van der Waals surface area contributed by atoms with Crippen molar-refractivity contribution in [3.63, 3.8) is 0 Å². The summed E-state index contributed by atoms with van der Waals surface area (Å²) in [4.78, 5) is 2.37. The molecule has 0 bridgehead atoms. The van der Waals surface area contributed by atoms with E-state index in [2.05, 4.69) is 15.1 Å². The van der Waals surface area contributed by atoms with Gasteiger partial charge in [-0.15, -0.1) is 0 Å². The van der Waals surface area contributed by atoms with Crippen LogP contribution in [0.3, 0.4) is 0 Å². The van der Waals surface area contributed by atoms with Crippen LogP contribution in [0.2, 0.25) is 5.02 Å². The fourth-order valence-corrected chi connectivity index (χ4v) is 2.46. The molecular weight excluding hydrogens is 262 g/mol. The molecule has 0 amide bonds. The summed E-state index contributed by atoms with van der Waals surface area (Å²) in [5.41, 5.74) is 2.32. The van der Waals surface area contributed by atoms with E-state index in [1.807, 2.05) is 30.3 Å². The Hall–Kier alpha value is -1.36. The van der Waals surface area contributed by atoms with Gasteiger partial charge in [0.15, 0.2) is 0 Å². The van der Waals surface area contributed by atoms with Gasteiger partial charge in [0.2, 0.25) is 0 Å². The summed E-state index contributed by atoms with van der Waals surface area (Å²) in [7, 11) is 0. The largest absolute Gasteiger partial charge is 0.371 e. The minimum Gasteiger partial charge on any atom is -0.371 e. The zero-order chi connectivity index (χ0) is 13.1. The van der Waals surface area contributed by atoms with Crippen LogP contribution >= 0.6 is 11.6 Å². The number of aromatic nitrogens is 2. The molecule has 1 N–H and O–H groups in total. The fraction of sp³-hybridized carbons (Fsp3) is 0.357.